The lowest BCUT2D eigenvalue weighted by Crippen LogP contribution is -2.05. The van der Waals surface area contributed by atoms with Gasteiger partial charge >= 0.3 is 0 Å². The fourth-order valence-electron chi connectivity index (χ4n) is 2.38. The van der Waals surface area contributed by atoms with Crippen molar-refractivity contribution in [2.75, 3.05) is 19.0 Å². The number of hydrogen-bond acceptors (Lipinski definition) is 4. The van der Waals surface area contributed by atoms with Crippen LogP contribution in [-0.4, -0.2) is 23.6 Å². The number of nitriles is 1. The molecular weight excluding hydrogens is 276 g/mol. The van der Waals surface area contributed by atoms with Gasteiger partial charge in [-0.3, -0.25) is 0 Å². The Hall–Kier alpha value is -3.00. The van der Waals surface area contributed by atoms with Crippen LogP contribution in [0, 0.1) is 11.3 Å². The van der Waals surface area contributed by atoms with Crippen LogP contribution in [0.4, 0.5) is 5.82 Å². The van der Waals surface area contributed by atoms with Crippen LogP contribution in [0.5, 0.6) is 5.75 Å². The average molecular weight is 292 g/mol. The summed E-state index contributed by atoms with van der Waals surface area (Å²) in [5.74, 6) is 1.63. The van der Waals surface area contributed by atoms with Crippen molar-refractivity contribution in [3.8, 4) is 11.8 Å². The maximum atomic E-state index is 8.75. The molecule has 0 bridgehead atoms. The van der Waals surface area contributed by atoms with E-state index in [1.54, 1.807) is 19.4 Å². The minimum atomic E-state index is 0.564. The molecule has 0 spiro atoms. The number of H-pyrrole nitrogens is 1. The molecular formula is C17H16N4O. The lowest BCUT2D eigenvalue weighted by Gasteiger charge is -2.05. The molecule has 3 aromatic rings. The molecule has 3 rings (SSSR count). The third-order valence-electron chi connectivity index (χ3n) is 3.57. The molecule has 0 fully saturated rings. The first-order valence-corrected chi connectivity index (χ1v) is 7.04. The molecule has 22 heavy (non-hydrogen) atoms. The van der Waals surface area contributed by atoms with E-state index < -0.39 is 0 Å². The number of benzene rings is 1. The molecule has 5 nitrogen and oxygen atoms in total. The Balaban J connectivity index is 1.67. The summed E-state index contributed by atoms with van der Waals surface area (Å²) in [6.45, 7) is 0.767. The van der Waals surface area contributed by atoms with E-state index in [2.05, 4.69) is 21.4 Å². The monoisotopic (exact) mass is 292 g/mol. The largest absolute Gasteiger partial charge is 0.497 e. The van der Waals surface area contributed by atoms with E-state index in [0.717, 1.165) is 30.0 Å². The highest BCUT2D eigenvalue weighted by molar-refractivity contribution is 5.84. The molecule has 0 aliphatic heterocycles. The second-order valence-corrected chi connectivity index (χ2v) is 4.95. The maximum absolute atomic E-state index is 8.75. The molecule has 1 aromatic carbocycles. The van der Waals surface area contributed by atoms with Crippen molar-refractivity contribution in [3.05, 3.63) is 53.9 Å². The second kappa shape index (κ2) is 6.19. The number of fused-ring (bicyclic) bond motifs is 1. The number of aromatic amines is 1. The Morgan fingerprint density at radius 3 is 2.95 bits per heavy atom. The van der Waals surface area contributed by atoms with Crippen molar-refractivity contribution in [1.29, 1.82) is 5.26 Å². The van der Waals surface area contributed by atoms with Crippen molar-refractivity contribution in [3.63, 3.8) is 0 Å². The van der Waals surface area contributed by atoms with Crippen molar-refractivity contribution < 1.29 is 4.74 Å². The topological polar surface area (TPSA) is 73.7 Å². The maximum Gasteiger partial charge on any atom is 0.125 e. The van der Waals surface area contributed by atoms with Gasteiger partial charge in [-0.15, -0.1) is 0 Å². The molecule has 0 unspecified atom stereocenters. The molecule has 0 aliphatic rings. The summed E-state index contributed by atoms with van der Waals surface area (Å²) in [5, 5.41) is 13.2. The smallest absolute Gasteiger partial charge is 0.125 e. The Bertz CT molecular complexity index is 815. The van der Waals surface area contributed by atoms with Gasteiger partial charge in [0.05, 0.1) is 12.7 Å². The Labute approximate surface area is 128 Å². The molecule has 0 saturated carbocycles. The first-order chi connectivity index (χ1) is 10.8. The normalized spacial score (nSPS) is 10.4. The fourth-order valence-corrected chi connectivity index (χ4v) is 2.38. The highest BCUT2D eigenvalue weighted by atomic mass is 16.5. The van der Waals surface area contributed by atoms with Crippen LogP contribution in [0.3, 0.4) is 0 Å². The van der Waals surface area contributed by atoms with Gasteiger partial charge in [-0.1, -0.05) is 0 Å². The second-order valence-electron chi connectivity index (χ2n) is 4.95. The predicted octanol–water partition coefficient (Wildman–Crippen LogP) is 3.10. The van der Waals surface area contributed by atoms with Crippen LogP contribution < -0.4 is 10.1 Å². The van der Waals surface area contributed by atoms with Gasteiger partial charge in [-0.2, -0.15) is 5.26 Å². The fraction of sp³-hybridized carbons (Fsp3) is 0.176. The van der Waals surface area contributed by atoms with Crippen molar-refractivity contribution >= 4 is 16.7 Å². The number of rotatable bonds is 5. The van der Waals surface area contributed by atoms with Gasteiger partial charge in [-0.05, 0) is 42.3 Å². The summed E-state index contributed by atoms with van der Waals surface area (Å²) in [6, 6.07) is 11.6. The molecule has 0 radical (unpaired) electrons. The van der Waals surface area contributed by atoms with Crippen LogP contribution in [0.2, 0.25) is 0 Å². The number of nitrogens with one attached hydrogen (secondary N) is 2. The first kappa shape index (κ1) is 14.0. The number of nitrogens with zero attached hydrogens (tertiary/aromatic N) is 2. The summed E-state index contributed by atoms with van der Waals surface area (Å²) in [4.78, 5) is 7.46. The summed E-state index contributed by atoms with van der Waals surface area (Å²) >= 11 is 0. The van der Waals surface area contributed by atoms with Gasteiger partial charge in [0.2, 0.25) is 0 Å². The van der Waals surface area contributed by atoms with Crippen molar-refractivity contribution in [1.82, 2.24) is 9.97 Å². The summed E-state index contributed by atoms with van der Waals surface area (Å²) in [7, 11) is 1.67. The zero-order valence-electron chi connectivity index (χ0n) is 12.3. The first-order valence-electron chi connectivity index (χ1n) is 7.04. The van der Waals surface area contributed by atoms with Gasteiger partial charge < -0.3 is 15.0 Å². The zero-order chi connectivity index (χ0) is 15.4. The standard InChI is InChI=1S/C17H16N4O/c1-22-14-3-4-16-15(8-14)13(11-20-16)6-7-19-17-5-2-12(9-18)10-21-17/h2-5,8,10-11,20H,6-7H2,1H3,(H,19,21). The van der Waals surface area contributed by atoms with E-state index in [1.165, 1.54) is 10.9 Å². The SMILES string of the molecule is COc1ccc2[nH]cc(CCNc3ccc(C#N)cn3)c2c1. The van der Waals surface area contributed by atoms with E-state index in [9.17, 15) is 0 Å². The van der Waals surface area contributed by atoms with E-state index >= 15 is 0 Å². The van der Waals surface area contributed by atoms with Crippen LogP contribution in [0.25, 0.3) is 10.9 Å². The highest BCUT2D eigenvalue weighted by Crippen LogP contribution is 2.23. The highest BCUT2D eigenvalue weighted by Gasteiger charge is 2.05. The lowest BCUT2D eigenvalue weighted by molar-refractivity contribution is 0.415. The van der Waals surface area contributed by atoms with E-state index in [1.807, 2.05) is 30.5 Å². The molecule has 2 aromatic heterocycles. The molecule has 2 heterocycles. The third-order valence-corrected chi connectivity index (χ3v) is 3.57. The number of ether oxygens (including phenoxy) is 1. The van der Waals surface area contributed by atoms with Crippen LogP contribution in [-0.2, 0) is 6.42 Å². The molecule has 2 N–H and O–H groups in total. The van der Waals surface area contributed by atoms with Crippen LogP contribution in [0.15, 0.2) is 42.7 Å². The Morgan fingerprint density at radius 2 is 2.23 bits per heavy atom. The average Bonchev–Trinajstić information content (AvgIpc) is 2.98. The van der Waals surface area contributed by atoms with Crippen molar-refractivity contribution in [2.24, 2.45) is 0 Å². The summed E-state index contributed by atoms with van der Waals surface area (Å²) in [6.07, 6.45) is 4.46. The van der Waals surface area contributed by atoms with Gasteiger partial charge in [0.25, 0.3) is 0 Å². The molecule has 5 heteroatoms. The lowest BCUT2D eigenvalue weighted by atomic mass is 10.1. The van der Waals surface area contributed by atoms with Crippen molar-refractivity contribution in [2.45, 2.75) is 6.42 Å². The zero-order valence-corrected chi connectivity index (χ0v) is 12.3. The Kier molecular flexibility index (Phi) is 3.92. The van der Waals surface area contributed by atoms with Gasteiger partial charge in [0.15, 0.2) is 0 Å². The minimum absolute atomic E-state index is 0.564. The molecule has 0 saturated heterocycles. The number of anilines is 1. The summed E-state index contributed by atoms with van der Waals surface area (Å²) < 4.78 is 5.28. The van der Waals surface area contributed by atoms with Gasteiger partial charge in [0, 0.05) is 29.8 Å². The summed E-state index contributed by atoms with van der Waals surface area (Å²) in [5.41, 5.74) is 2.90. The Morgan fingerprint density at radius 1 is 1.32 bits per heavy atom. The third kappa shape index (κ3) is 2.86. The van der Waals surface area contributed by atoms with E-state index in [4.69, 9.17) is 10.00 Å². The van der Waals surface area contributed by atoms with E-state index in [0.29, 0.717) is 5.56 Å². The van der Waals surface area contributed by atoms with Gasteiger partial charge in [-0.25, -0.2) is 4.98 Å². The molecule has 0 atom stereocenters. The van der Waals surface area contributed by atoms with E-state index in [-0.39, 0.29) is 0 Å². The quantitative estimate of drug-likeness (QED) is 0.758. The molecule has 0 aliphatic carbocycles. The van der Waals surface area contributed by atoms with Crippen LogP contribution >= 0.6 is 0 Å². The minimum Gasteiger partial charge on any atom is -0.497 e. The number of pyridine rings is 1. The molecule has 110 valence electrons. The number of aromatic nitrogens is 2. The number of hydrogen-bond donors (Lipinski definition) is 2. The predicted molar refractivity (Wildman–Crippen MR) is 86.0 cm³/mol. The van der Waals surface area contributed by atoms with Crippen LogP contribution in [0.1, 0.15) is 11.1 Å². The number of methoxy groups -OCH3 is 1. The molecule has 0 amide bonds. The van der Waals surface area contributed by atoms with Gasteiger partial charge in [0.1, 0.15) is 17.6 Å².